The summed E-state index contributed by atoms with van der Waals surface area (Å²) in [5.41, 5.74) is 1.55. The molecule has 2 aliphatic rings. The topological polar surface area (TPSA) is 18.5 Å². The van der Waals surface area contributed by atoms with E-state index in [2.05, 4.69) is 13.8 Å². The van der Waals surface area contributed by atoms with Crippen LogP contribution in [0, 0.1) is 0 Å². The smallest absolute Gasteiger partial charge is 0.344 e. The Bertz CT molecular complexity index is 220. The van der Waals surface area contributed by atoms with Gasteiger partial charge in [0.1, 0.15) is 0 Å². The van der Waals surface area contributed by atoms with Crippen LogP contribution in [0.15, 0.2) is 0 Å². The standard InChI is InChI=1S/C12H24O2Si.C6H14/c1-13-15(14-2,11-7-3-4-8-11)12-9-5-6-10-12;1-3-5-6-4-2/h11-12H,3-10H2,1-2H3;3-6H2,1-2H3. The highest BCUT2D eigenvalue weighted by molar-refractivity contribution is 6.70. The maximum Gasteiger partial charge on any atom is 0.344 e. The van der Waals surface area contributed by atoms with E-state index in [1.54, 1.807) is 0 Å². The fourth-order valence-electron chi connectivity index (χ4n) is 4.24. The highest BCUT2D eigenvalue weighted by atomic mass is 28.4. The number of unbranched alkanes of at least 4 members (excludes halogenated alkanes) is 3. The molecule has 2 fully saturated rings. The van der Waals surface area contributed by atoms with Gasteiger partial charge in [0.2, 0.25) is 0 Å². The first-order valence-electron chi connectivity index (χ1n) is 9.35. The van der Waals surface area contributed by atoms with Gasteiger partial charge in [-0.15, -0.1) is 0 Å². The van der Waals surface area contributed by atoms with Gasteiger partial charge in [0.15, 0.2) is 0 Å². The second kappa shape index (κ2) is 10.8. The van der Waals surface area contributed by atoms with E-state index in [-0.39, 0.29) is 0 Å². The van der Waals surface area contributed by atoms with Crippen molar-refractivity contribution in [1.29, 1.82) is 0 Å². The lowest BCUT2D eigenvalue weighted by molar-refractivity contribution is 0.214. The van der Waals surface area contributed by atoms with Crippen molar-refractivity contribution in [1.82, 2.24) is 0 Å². The van der Waals surface area contributed by atoms with E-state index >= 15 is 0 Å². The van der Waals surface area contributed by atoms with E-state index in [4.69, 9.17) is 8.85 Å². The second-order valence-corrected chi connectivity index (χ2v) is 10.7. The lowest BCUT2D eigenvalue weighted by Gasteiger charge is -2.37. The monoisotopic (exact) mass is 314 g/mol. The molecule has 0 spiro atoms. The van der Waals surface area contributed by atoms with Gasteiger partial charge < -0.3 is 8.85 Å². The zero-order valence-corrected chi connectivity index (χ0v) is 16.0. The van der Waals surface area contributed by atoms with Crippen molar-refractivity contribution in [3.05, 3.63) is 0 Å². The second-order valence-electron chi connectivity index (χ2n) is 6.80. The largest absolute Gasteiger partial charge is 0.397 e. The van der Waals surface area contributed by atoms with Gasteiger partial charge in [-0.25, -0.2) is 0 Å². The van der Waals surface area contributed by atoms with Crippen molar-refractivity contribution >= 4 is 8.56 Å². The van der Waals surface area contributed by atoms with E-state index in [9.17, 15) is 0 Å². The Balaban J connectivity index is 0.000000315. The van der Waals surface area contributed by atoms with E-state index in [1.807, 2.05) is 14.2 Å². The molecule has 0 aromatic heterocycles. The minimum Gasteiger partial charge on any atom is -0.397 e. The number of hydrogen-bond donors (Lipinski definition) is 0. The molecule has 126 valence electrons. The molecular formula is C18H38O2Si. The third-order valence-corrected chi connectivity index (χ3v) is 10.2. The highest BCUT2D eigenvalue weighted by Gasteiger charge is 2.52. The van der Waals surface area contributed by atoms with Gasteiger partial charge in [0, 0.05) is 25.3 Å². The van der Waals surface area contributed by atoms with Crippen LogP contribution in [-0.2, 0) is 8.85 Å². The summed E-state index contributed by atoms with van der Waals surface area (Å²) in [4.78, 5) is 0. The zero-order valence-electron chi connectivity index (χ0n) is 15.0. The van der Waals surface area contributed by atoms with Crippen LogP contribution in [0.3, 0.4) is 0 Å². The van der Waals surface area contributed by atoms with Crippen LogP contribution >= 0.6 is 0 Å². The van der Waals surface area contributed by atoms with Gasteiger partial charge in [-0.2, -0.15) is 0 Å². The van der Waals surface area contributed by atoms with Gasteiger partial charge in [-0.1, -0.05) is 65.2 Å². The molecule has 0 N–H and O–H groups in total. The molecule has 2 nitrogen and oxygen atoms in total. The quantitative estimate of drug-likeness (QED) is 0.411. The van der Waals surface area contributed by atoms with Crippen LogP contribution in [0.4, 0.5) is 0 Å². The minimum absolute atomic E-state index is 0.774. The number of hydrogen-bond acceptors (Lipinski definition) is 2. The molecule has 0 bridgehead atoms. The van der Waals surface area contributed by atoms with Crippen molar-refractivity contribution in [2.45, 2.75) is 102 Å². The molecule has 0 unspecified atom stereocenters. The third-order valence-electron chi connectivity index (χ3n) is 5.44. The molecule has 21 heavy (non-hydrogen) atoms. The first-order valence-corrected chi connectivity index (χ1v) is 11.3. The number of rotatable bonds is 7. The predicted octanol–water partition coefficient (Wildman–Crippen LogP) is 6.20. The van der Waals surface area contributed by atoms with E-state index in [0.29, 0.717) is 0 Å². The normalized spacial score (nSPS) is 20.6. The van der Waals surface area contributed by atoms with Crippen LogP contribution in [0.5, 0.6) is 0 Å². The lowest BCUT2D eigenvalue weighted by atomic mass is 10.2. The average molecular weight is 315 g/mol. The van der Waals surface area contributed by atoms with Gasteiger partial charge in [-0.3, -0.25) is 0 Å². The first kappa shape index (κ1) is 19.2. The maximum atomic E-state index is 5.97. The van der Waals surface area contributed by atoms with Crippen molar-refractivity contribution in [2.24, 2.45) is 0 Å². The summed E-state index contributed by atoms with van der Waals surface area (Å²) in [6, 6.07) is 0. The molecule has 0 saturated heterocycles. The van der Waals surface area contributed by atoms with E-state index in [0.717, 1.165) is 11.1 Å². The minimum atomic E-state index is -1.88. The fourth-order valence-corrected chi connectivity index (χ4v) is 8.83. The van der Waals surface area contributed by atoms with Crippen LogP contribution in [0.1, 0.15) is 90.9 Å². The fraction of sp³-hybridized carbons (Fsp3) is 1.00. The Kier molecular flexibility index (Phi) is 9.86. The summed E-state index contributed by atoms with van der Waals surface area (Å²) in [6.07, 6.45) is 16.5. The molecular weight excluding hydrogens is 276 g/mol. The van der Waals surface area contributed by atoms with Crippen LogP contribution in [-0.4, -0.2) is 22.8 Å². The maximum absolute atomic E-state index is 5.97. The van der Waals surface area contributed by atoms with Gasteiger partial charge in [-0.05, 0) is 25.7 Å². The molecule has 0 aromatic carbocycles. The Hall–Kier alpha value is 0.137. The summed E-state index contributed by atoms with van der Waals surface area (Å²) in [5.74, 6) is 0. The molecule has 2 saturated carbocycles. The third kappa shape index (κ3) is 5.37. The molecule has 0 aliphatic heterocycles. The summed E-state index contributed by atoms with van der Waals surface area (Å²) in [5, 5.41) is 0. The van der Waals surface area contributed by atoms with Crippen molar-refractivity contribution < 1.29 is 8.85 Å². The Morgan fingerprint density at radius 3 is 1.29 bits per heavy atom. The predicted molar refractivity (Wildman–Crippen MR) is 94.0 cm³/mol. The Morgan fingerprint density at radius 1 is 0.714 bits per heavy atom. The molecule has 0 amide bonds. The highest BCUT2D eigenvalue weighted by Crippen LogP contribution is 2.50. The van der Waals surface area contributed by atoms with Crippen LogP contribution in [0.25, 0.3) is 0 Å². The van der Waals surface area contributed by atoms with Crippen LogP contribution in [0.2, 0.25) is 11.1 Å². The van der Waals surface area contributed by atoms with Crippen molar-refractivity contribution in [3.8, 4) is 0 Å². The molecule has 2 aliphatic carbocycles. The van der Waals surface area contributed by atoms with Gasteiger partial charge >= 0.3 is 8.56 Å². The van der Waals surface area contributed by atoms with Gasteiger partial charge in [0.05, 0.1) is 0 Å². The van der Waals surface area contributed by atoms with Gasteiger partial charge in [0.25, 0.3) is 0 Å². The molecule has 0 heterocycles. The molecule has 0 radical (unpaired) electrons. The molecule has 0 atom stereocenters. The summed E-state index contributed by atoms with van der Waals surface area (Å²) in [6.45, 7) is 4.46. The van der Waals surface area contributed by atoms with E-state index < -0.39 is 8.56 Å². The van der Waals surface area contributed by atoms with E-state index in [1.165, 1.54) is 77.0 Å². The summed E-state index contributed by atoms with van der Waals surface area (Å²) >= 11 is 0. The molecule has 0 aromatic rings. The Labute approximate surface area is 134 Å². The lowest BCUT2D eigenvalue weighted by Crippen LogP contribution is -2.48. The SMILES string of the molecule is CCCCCC.CO[Si](OC)(C1CCCC1)C1CCCC1. The van der Waals surface area contributed by atoms with Crippen LogP contribution < -0.4 is 0 Å². The average Bonchev–Trinajstić information content (AvgIpc) is 3.21. The summed E-state index contributed by atoms with van der Waals surface area (Å²) < 4.78 is 11.9. The van der Waals surface area contributed by atoms with Crippen molar-refractivity contribution in [3.63, 3.8) is 0 Å². The summed E-state index contributed by atoms with van der Waals surface area (Å²) in [7, 11) is 1.91. The first-order chi connectivity index (χ1) is 10.2. The molecule has 3 heteroatoms. The molecule has 2 rings (SSSR count). The zero-order chi connectivity index (χ0) is 15.6. The van der Waals surface area contributed by atoms with Crippen molar-refractivity contribution in [2.75, 3.05) is 14.2 Å². The Morgan fingerprint density at radius 2 is 1.05 bits per heavy atom.